The lowest BCUT2D eigenvalue weighted by Gasteiger charge is -2.17. The normalized spacial score (nSPS) is 18.5. The first kappa shape index (κ1) is 17.4. The summed E-state index contributed by atoms with van der Waals surface area (Å²) < 4.78 is 31.5. The lowest BCUT2D eigenvalue weighted by atomic mass is 10.0. The van der Waals surface area contributed by atoms with Gasteiger partial charge in [-0.1, -0.05) is 26.0 Å². The fourth-order valence-electron chi connectivity index (χ4n) is 2.26. The Balaban J connectivity index is 2.29. The number of amides is 1. The van der Waals surface area contributed by atoms with Gasteiger partial charge in [0.05, 0.1) is 11.5 Å². The number of methoxy groups -OCH3 is 1. The fourth-order valence-corrected chi connectivity index (χ4v) is 3.50. The minimum Gasteiger partial charge on any atom is -0.383 e. The molecule has 0 saturated heterocycles. The zero-order valence-corrected chi connectivity index (χ0v) is 14.2. The highest BCUT2D eigenvalue weighted by Crippen LogP contribution is 2.23. The molecule has 1 aromatic rings. The lowest BCUT2D eigenvalue weighted by Crippen LogP contribution is -2.39. The number of nitrogens with zero attached hydrogens (tertiary/aromatic N) is 1. The summed E-state index contributed by atoms with van der Waals surface area (Å²) in [6.07, 6.45) is 0. The maximum atomic E-state index is 12.3. The predicted octanol–water partition coefficient (Wildman–Crippen LogP) is 0.512. The molecule has 0 radical (unpaired) electrons. The summed E-state index contributed by atoms with van der Waals surface area (Å²) in [7, 11) is -2.05. The van der Waals surface area contributed by atoms with Crippen LogP contribution in [0.15, 0.2) is 34.2 Å². The molecule has 0 aromatic heterocycles. The number of rotatable bonds is 6. The van der Waals surface area contributed by atoms with Crippen molar-refractivity contribution in [3.63, 3.8) is 0 Å². The van der Waals surface area contributed by atoms with E-state index in [4.69, 9.17) is 4.74 Å². The Hall–Kier alpha value is -1.93. The highest BCUT2D eigenvalue weighted by molar-refractivity contribution is 7.90. The molecule has 1 aliphatic rings. The number of benzene rings is 1. The van der Waals surface area contributed by atoms with Gasteiger partial charge in [0, 0.05) is 19.2 Å². The fraction of sp³-hybridized carbons (Fsp3) is 0.467. The van der Waals surface area contributed by atoms with Crippen molar-refractivity contribution in [3.8, 4) is 0 Å². The standard InChI is InChI=1S/C15H21N3O4S/c1-10(2)13(15(19)16-8-9-22-3)17-14-11-6-4-5-7-12(11)23(20,21)18-14/h4-7,10,13H,8-9H2,1-3H3,(H,16,19)(H,17,18). The second-order valence-electron chi connectivity index (χ2n) is 5.55. The molecule has 0 bridgehead atoms. The number of ether oxygens (including phenoxy) is 1. The summed E-state index contributed by atoms with van der Waals surface area (Å²) in [6, 6.07) is 5.89. The molecule has 0 fully saturated rings. The van der Waals surface area contributed by atoms with Gasteiger partial charge < -0.3 is 10.1 Å². The van der Waals surface area contributed by atoms with E-state index in [-0.39, 0.29) is 22.6 Å². The molecule has 2 rings (SSSR count). The Morgan fingerprint density at radius 2 is 2.04 bits per heavy atom. The second-order valence-corrected chi connectivity index (χ2v) is 7.20. The SMILES string of the molecule is COCCNC(=O)C(N=C1NS(=O)(=O)c2ccccc21)C(C)C. The van der Waals surface area contributed by atoms with Crippen LogP contribution >= 0.6 is 0 Å². The van der Waals surface area contributed by atoms with Crippen LogP contribution in [0.5, 0.6) is 0 Å². The average Bonchev–Trinajstić information content (AvgIpc) is 2.76. The van der Waals surface area contributed by atoms with Crippen molar-refractivity contribution in [2.45, 2.75) is 24.8 Å². The van der Waals surface area contributed by atoms with Crippen LogP contribution in [0.1, 0.15) is 19.4 Å². The van der Waals surface area contributed by atoms with Crippen molar-refractivity contribution < 1.29 is 17.9 Å². The lowest BCUT2D eigenvalue weighted by molar-refractivity contribution is -0.123. The van der Waals surface area contributed by atoms with Gasteiger partial charge in [-0.05, 0) is 18.1 Å². The Morgan fingerprint density at radius 3 is 2.70 bits per heavy atom. The zero-order chi connectivity index (χ0) is 17.0. The molecular weight excluding hydrogens is 318 g/mol. The van der Waals surface area contributed by atoms with Crippen LogP contribution in [0.25, 0.3) is 0 Å². The van der Waals surface area contributed by atoms with Gasteiger partial charge in [-0.3, -0.25) is 14.5 Å². The van der Waals surface area contributed by atoms with E-state index in [9.17, 15) is 13.2 Å². The highest BCUT2D eigenvalue weighted by atomic mass is 32.2. The number of fused-ring (bicyclic) bond motifs is 1. The monoisotopic (exact) mass is 339 g/mol. The van der Waals surface area contributed by atoms with Gasteiger partial charge in [-0.25, -0.2) is 8.42 Å². The first-order chi connectivity index (χ1) is 10.9. The predicted molar refractivity (Wildman–Crippen MR) is 86.8 cm³/mol. The van der Waals surface area contributed by atoms with E-state index in [0.29, 0.717) is 18.7 Å². The number of carbonyl (C=O) groups excluding carboxylic acids is 1. The number of sulfonamides is 1. The van der Waals surface area contributed by atoms with Crippen molar-refractivity contribution in [3.05, 3.63) is 29.8 Å². The smallest absolute Gasteiger partial charge is 0.263 e. The van der Waals surface area contributed by atoms with Crippen LogP contribution in [0.3, 0.4) is 0 Å². The van der Waals surface area contributed by atoms with Crippen molar-refractivity contribution in [2.75, 3.05) is 20.3 Å². The average molecular weight is 339 g/mol. The van der Waals surface area contributed by atoms with Crippen LogP contribution in [-0.4, -0.2) is 46.5 Å². The number of carbonyl (C=O) groups is 1. The van der Waals surface area contributed by atoms with Crippen molar-refractivity contribution in [1.29, 1.82) is 0 Å². The molecule has 1 atom stereocenters. The summed E-state index contributed by atoms with van der Waals surface area (Å²) >= 11 is 0. The Bertz CT molecular complexity index is 713. The summed E-state index contributed by atoms with van der Waals surface area (Å²) in [6.45, 7) is 4.51. The molecule has 0 aliphatic carbocycles. The summed E-state index contributed by atoms with van der Waals surface area (Å²) in [5.41, 5.74) is 0.489. The number of hydrogen-bond donors (Lipinski definition) is 2. The van der Waals surface area contributed by atoms with Crippen LogP contribution < -0.4 is 10.0 Å². The van der Waals surface area contributed by atoms with Gasteiger partial charge in [0.1, 0.15) is 11.9 Å². The third kappa shape index (κ3) is 3.89. The third-order valence-corrected chi connectivity index (χ3v) is 4.83. The van der Waals surface area contributed by atoms with Crippen molar-refractivity contribution in [2.24, 2.45) is 10.9 Å². The van der Waals surface area contributed by atoms with Gasteiger partial charge in [-0.2, -0.15) is 0 Å². The van der Waals surface area contributed by atoms with Gasteiger partial charge in [-0.15, -0.1) is 0 Å². The van der Waals surface area contributed by atoms with E-state index in [1.807, 2.05) is 13.8 Å². The zero-order valence-electron chi connectivity index (χ0n) is 13.4. The van der Waals surface area contributed by atoms with Gasteiger partial charge in [0.15, 0.2) is 0 Å². The Morgan fingerprint density at radius 1 is 1.35 bits per heavy atom. The summed E-state index contributed by atoms with van der Waals surface area (Å²) in [5.74, 6) is -0.128. The molecule has 7 nitrogen and oxygen atoms in total. The largest absolute Gasteiger partial charge is 0.383 e. The minimum atomic E-state index is -3.61. The molecule has 1 aliphatic heterocycles. The van der Waals surface area contributed by atoms with E-state index in [1.165, 1.54) is 6.07 Å². The molecule has 126 valence electrons. The number of amidine groups is 1. The molecule has 1 amide bonds. The molecule has 23 heavy (non-hydrogen) atoms. The number of aliphatic imine (C=N–C) groups is 1. The minimum absolute atomic E-state index is 0.0812. The van der Waals surface area contributed by atoms with Crippen LogP contribution in [-0.2, 0) is 19.6 Å². The van der Waals surface area contributed by atoms with Crippen LogP contribution in [0, 0.1) is 5.92 Å². The second kappa shape index (κ2) is 7.10. The summed E-state index contributed by atoms with van der Waals surface area (Å²) in [4.78, 5) is 16.8. The van der Waals surface area contributed by atoms with Crippen LogP contribution in [0.4, 0.5) is 0 Å². The maximum absolute atomic E-state index is 12.3. The summed E-state index contributed by atoms with van der Waals surface area (Å²) in [5, 5.41) is 2.74. The van der Waals surface area contributed by atoms with E-state index >= 15 is 0 Å². The molecule has 0 saturated carbocycles. The molecule has 1 unspecified atom stereocenters. The van der Waals surface area contributed by atoms with E-state index < -0.39 is 16.1 Å². The molecule has 2 N–H and O–H groups in total. The first-order valence-electron chi connectivity index (χ1n) is 7.33. The van der Waals surface area contributed by atoms with E-state index in [2.05, 4.69) is 15.0 Å². The topological polar surface area (TPSA) is 96.9 Å². The highest BCUT2D eigenvalue weighted by Gasteiger charge is 2.32. The molecule has 0 spiro atoms. The van der Waals surface area contributed by atoms with Gasteiger partial charge in [0.2, 0.25) is 5.91 Å². The quantitative estimate of drug-likeness (QED) is 0.738. The van der Waals surface area contributed by atoms with Gasteiger partial charge >= 0.3 is 0 Å². The van der Waals surface area contributed by atoms with E-state index in [1.54, 1.807) is 25.3 Å². The molecule has 1 aromatic carbocycles. The first-order valence-corrected chi connectivity index (χ1v) is 8.82. The van der Waals surface area contributed by atoms with Crippen molar-refractivity contribution >= 4 is 21.8 Å². The van der Waals surface area contributed by atoms with E-state index in [0.717, 1.165) is 0 Å². The van der Waals surface area contributed by atoms with Crippen LogP contribution in [0.2, 0.25) is 0 Å². The Labute approximate surface area is 136 Å². The molecular formula is C15H21N3O4S. The molecule has 8 heteroatoms. The number of nitrogens with one attached hydrogen (secondary N) is 2. The molecule has 1 heterocycles. The number of hydrogen-bond acceptors (Lipinski definition) is 5. The van der Waals surface area contributed by atoms with Gasteiger partial charge in [0.25, 0.3) is 10.0 Å². The Kier molecular flexibility index (Phi) is 5.38. The maximum Gasteiger partial charge on any atom is 0.263 e. The third-order valence-electron chi connectivity index (χ3n) is 3.44. The van der Waals surface area contributed by atoms with Crippen molar-refractivity contribution in [1.82, 2.24) is 10.0 Å².